The van der Waals surface area contributed by atoms with E-state index < -0.39 is 57.6 Å². The first kappa shape index (κ1) is 28.1. The summed E-state index contributed by atoms with van der Waals surface area (Å²) in [6.07, 6.45) is -3.21. The summed E-state index contributed by atoms with van der Waals surface area (Å²) in [6.45, 7) is 7.21. The van der Waals surface area contributed by atoms with Crippen molar-refractivity contribution < 1.29 is 36.2 Å². The summed E-state index contributed by atoms with van der Waals surface area (Å²) in [4.78, 5) is 21.5. The van der Waals surface area contributed by atoms with Gasteiger partial charge in [-0.15, -0.1) is 0 Å². The topological polar surface area (TPSA) is 93.9 Å². The number of likely N-dealkylation sites (tertiary alicyclic amines) is 1. The number of nitrogens with one attached hydrogen (secondary N) is 1. The highest BCUT2D eigenvalue weighted by molar-refractivity contribution is 6.33. The molecule has 0 radical (unpaired) electrons. The van der Waals surface area contributed by atoms with Crippen molar-refractivity contribution in [3.05, 3.63) is 35.2 Å². The summed E-state index contributed by atoms with van der Waals surface area (Å²) in [7, 11) is 0. The van der Waals surface area contributed by atoms with Gasteiger partial charge in [0.25, 0.3) is 5.78 Å². The lowest BCUT2D eigenvalue weighted by atomic mass is 9.62. The molecule has 1 amide bonds. The van der Waals surface area contributed by atoms with Crippen LogP contribution in [0.2, 0.25) is 5.15 Å². The molecule has 1 N–H and O–H groups in total. The van der Waals surface area contributed by atoms with Crippen LogP contribution in [0.1, 0.15) is 40.5 Å². The van der Waals surface area contributed by atoms with E-state index >= 15 is 8.78 Å². The molecule has 0 unspecified atom stereocenters. The third-order valence-corrected chi connectivity index (χ3v) is 7.09. The van der Waals surface area contributed by atoms with Crippen molar-refractivity contribution >= 4 is 29.3 Å². The first-order chi connectivity index (χ1) is 18.6. The maximum absolute atomic E-state index is 15.4. The van der Waals surface area contributed by atoms with Gasteiger partial charge in [-0.25, -0.2) is 13.6 Å². The Kier molecular flexibility index (Phi) is 6.75. The normalized spacial score (nSPS) is 17.9. The zero-order valence-corrected chi connectivity index (χ0v) is 22.7. The second kappa shape index (κ2) is 9.60. The number of fused-ring (bicyclic) bond motifs is 1. The van der Waals surface area contributed by atoms with Crippen molar-refractivity contribution in [3.8, 4) is 16.9 Å². The van der Waals surface area contributed by atoms with E-state index in [1.54, 1.807) is 25.7 Å². The standard InChI is InChI=1S/C25H26ClF5N6O3/c1-12(25(29,30)31)34-20-18(19(26)35-21-32-11-33-37(20)21)17-15(27)5-13(6-16(17)28)39-14-7-24(8-14)9-36(10-24)22(38)40-23(2,3)4/h5-6,11-12,14,34H,7-10H2,1-4H3/t12-/m0/s1. The van der Waals surface area contributed by atoms with E-state index in [1.165, 1.54) is 0 Å². The zero-order chi connectivity index (χ0) is 29.2. The van der Waals surface area contributed by atoms with Crippen molar-refractivity contribution in [2.75, 3.05) is 18.4 Å². The number of rotatable bonds is 5. The number of hydrogen-bond acceptors (Lipinski definition) is 7. The van der Waals surface area contributed by atoms with Crippen LogP contribution in [0.25, 0.3) is 16.9 Å². The average molecular weight is 589 g/mol. The summed E-state index contributed by atoms with van der Waals surface area (Å²) in [6, 6.07) is -0.235. The minimum atomic E-state index is -4.68. The van der Waals surface area contributed by atoms with Crippen LogP contribution in [0.3, 0.4) is 0 Å². The van der Waals surface area contributed by atoms with Crippen LogP contribution < -0.4 is 10.1 Å². The molecule has 0 bridgehead atoms. The minimum Gasteiger partial charge on any atom is -0.490 e. The van der Waals surface area contributed by atoms with Crippen molar-refractivity contribution in [2.45, 2.75) is 64.5 Å². The molecule has 15 heteroatoms. The molecule has 2 aliphatic rings. The number of hydrogen-bond donors (Lipinski definition) is 1. The molecule has 5 rings (SSSR count). The van der Waals surface area contributed by atoms with Gasteiger partial charge in [0.1, 0.15) is 52.4 Å². The molecule has 1 aromatic carbocycles. The van der Waals surface area contributed by atoms with Crippen LogP contribution in [-0.2, 0) is 4.74 Å². The van der Waals surface area contributed by atoms with Crippen molar-refractivity contribution in [3.63, 3.8) is 0 Å². The molecule has 3 heterocycles. The molecule has 1 aliphatic carbocycles. The summed E-state index contributed by atoms with van der Waals surface area (Å²) in [5.41, 5.74) is -1.87. The van der Waals surface area contributed by atoms with Crippen LogP contribution in [0.5, 0.6) is 5.75 Å². The Morgan fingerprint density at radius 2 is 1.77 bits per heavy atom. The lowest BCUT2D eigenvalue weighted by Crippen LogP contribution is -2.66. The highest BCUT2D eigenvalue weighted by Gasteiger charge is 2.55. The molecular formula is C25H26ClF5N6O3. The monoisotopic (exact) mass is 588 g/mol. The van der Waals surface area contributed by atoms with Gasteiger partial charge >= 0.3 is 12.3 Å². The Bertz CT molecular complexity index is 1440. The first-order valence-corrected chi connectivity index (χ1v) is 12.8. The number of alkyl halides is 3. The Balaban J connectivity index is 1.34. The zero-order valence-electron chi connectivity index (χ0n) is 21.9. The fourth-order valence-electron chi connectivity index (χ4n) is 4.97. The molecule has 2 aromatic heterocycles. The number of benzene rings is 1. The van der Waals surface area contributed by atoms with E-state index in [4.69, 9.17) is 21.1 Å². The molecule has 1 spiro atoms. The van der Waals surface area contributed by atoms with Crippen molar-refractivity contribution in [2.24, 2.45) is 5.41 Å². The lowest BCUT2D eigenvalue weighted by molar-refractivity contribution is -0.138. The molecule has 1 saturated carbocycles. The molecule has 1 atom stereocenters. The average Bonchev–Trinajstić information content (AvgIpc) is 3.21. The Labute approximate surface area is 230 Å². The number of aromatic nitrogens is 4. The quantitative estimate of drug-likeness (QED) is 0.295. The molecule has 2 fully saturated rings. The highest BCUT2D eigenvalue weighted by Crippen LogP contribution is 2.50. The third kappa shape index (κ3) is 5.32. The van der Waals surface area contributed by atoms with Crippen LogP contribution in [0, 0.1) is 17.0 Å². The molecule has 40 heavy (non-hydrogen) atoms. The van der Waals surface area contributed by atoms with Crippen LogP contribution in [0.4, 0.5) is 32.6 Å². The number of carbonyl (C=O) groups excluding carboxylic acids is 1. The summed E-state index contributed by atoms with van der Waals surface area (Å²) in [5.74, 6) is -2.91. The summed E-state index contributed by atoms with van der Waals surface area (Å²) < 4.78 is 82.8. The first-order valence-electron chi connectivity index (χ1n) is 12.4. The van der Waals surface area contributed by atoms with Gasteiger partial charge in [-0.1, -0.05) is 11.6 Å². The number of nitrogens with zero attached hydrogens (tertiary/aromatic N) is 5. The molecule has 3 aromatic rings. The maximum atomic E-state index is 15.4. The van der Waals surface area contributed by atoms with Gasteiger partial charge in [0.05, 0.1) is 11.1 Å². The molecule has 9 nitrogen and oxygen atoms in total. The van der Waals surface area contributed by atoms with Crippen molar-refractivity contribution in [1.82, 2.24) is 24.5 Å². The Hall–Kier alpha value is -3.42. The van der Waals surface area contributed by atoms with Gasteiger partial charge in [-0.05, 0) is 40.5 Å². The van der Waals surface area contributed by atoms with Gasteiger partial charge < -0.3 is 19.7 Å². The van der Waals surface area contributed by atoms with Crippen molar-refractivity contribution in [1.29, 1.82) is 0 Å². The number of ether oxygens (including phenoxy) is 2. The lowest BCUT2D eigenvalue weighted by Gasteiger charge is -2.58. The van der Waals surface area contributed by atoms with E-state index in [-0.39, 0.29) is 23.0 Å². The smallest absolute Gasteiger partial charge is 0.410 e. The van der Waals surface area contributed by atoms with Gasteiger partial charge in [-0.2, -0.15) is 32.8 Å². The van der Waals surface area contributed by atoms with Crippen LogP contribution in [0.15, 0.2) is 18.5 Å². The largest absolute Gasteiger partial charge is 0.490 e. The van der Waals surface area contributed by atoms with Crippen LogP contribution >= 0.6 is 11.6 Å². The van der Waals surface area contributed by atoms with Gasteiger partial charge in [0, 0.05) is 30.6 Å². The van der Waals surface area contributed by atoms with Gasteiger partial charge in [0.2, 0.25) is 0 Å². The number of carbonyl (C=O) groups is 1. The molecule has 1 saturated heterocycles. The fourth-order valence-corrected chi connectivity index (χ4v) is 5.23. The second-order valence-electron chi connectivity index (χ2n) is 11.3. The predicted octanol–water partition coefficient (Wildman–Crippen LogP) is 5.86. The fraction of sp³-hybridized carbons (Fsp3) is 0.520. The second-order valence-corrected chi connectivity index (χ2v) is 11.6. The van der Waals surface area contributed by atoms with E-state index in [0.717, 1.165) is 29.9 Å². The maximum Gasteiger partial charge on any atom is 0.410 e. The van der Waals surface area contributed by atoms with Gasteiger partial charge in [0.15, 0.2) is 0 Å². The van der Waals surface area contributed by atoms with Crippen LogP contribution in [-0.4, -0.2) is 67.6 Å². The SMILES string of the molecule is C[C@H](Nc1c(-c2c(F)cc(OC3CC4(C3)CN(C(=O)OC(C)(C)C)C4)cc2F)c(Cl)nc2ncnn12)C(F)(F)F. The van der Waals surface area contributed by atoms with Gasteiger partial charge in [-0.3, -0.25) is 0 Å². The van der Waals surface area contributed by atoms with E-state index in [1.807, 2.05) is 0 Å². The number of amides is 1. The third-order valence-electron chi connectivity index (χ3n) is 6.82. The van der Waals surface area contributed by atoms with E-state index in [0.29, 0.717) is 25.9 Å². The number of anilines is 1. The minimum absolute atomic E-state index is 0.0917. The summed E-state index contributed by atoms with van der Waals surface area (Å²) in [5, 5.41) is 5.55. The Morgan fingerprint density at radius 3 is 2.35 bits per heavy atom. The van der Waals surface area contributed by atoms with E-state index in [2.05, 4.69) is 20.4 Å². The number of halogens is 6. The molecule has 216 valence electrons. The predicted molar refractivity (Wildman–Crippen MR) is 134 cm³/mol. The molecular weight excluding hydrogens is 563 g/mol. The highest BCUT2D eigenvalue weighted by atomic mass is 35.5. The molecule has 1 aliphatic heterocycles. The Morgan fingerprint density at radius 1 is 1.15 bits per heavy atom. The van der Waals surface area contributed by atoms with E-state index in [9.17, 15) is 18.0 Å². The summed E-state index contributed by atoms with van der Waals surface area (Å²) >= 11 is 6.21.